The van der Waals surface area contributed by atoms with Crippen molar-refractivity contribution in [3.05, 3.63) is 59.9 Å². The van der Waals surface area contributed by atoms with E-state index in [0.717, 1.165) is 12.1 Å². The van der Waals surface area contributed by atoms with Gasteiger partial charge in [0.25, 0.3) is 0 Å². The number of alkyl halides is 3. The Morgan fingerprint density at radius 3 is 2.21 bits per heavy atom. The standard InChI is InChI=1S/C18H12F3N3O2S2/c19-18(20,21)11-3-5-12(6-4-11)24-16(10-1-7-13(27)8-2-10)22-23-17(24)14(28)9-15(25)26/h1-8,27H,9H2,(H,25,26). The smallest absolute Gasteiger partial charge is 0.416 e. The molecule has 0 saturated heterocycles. The van der Waals surface area contributed by atoms with E-state index in [0.29, 0.717) is 22.0 Å². The minimum absolute atomic E-state index is 0.0111. The number of hydrogen-bond donors (Lipinski definition) is 2. The molecule has 0 saturated carbocycles. The molecule has 0 aliphatic heterocycles. The van der Waals surface area contributed by atoms with Crippen LogP contribution in [0.3, 0.4) is 0 Å². The lowest BCUT2D eigenvalue weighted by molar-refractivity contribution is -0.137. The number of benzene rings is 2. The molecule has 0 unspecified atom stereocenters. The fourth-order valence-corrected chi connectivity index (χ4v) is 2.93. The van der Waals surface area contributed by atoms with E-state index in [2.05, 4.69) is 22.8 Å². The molecule has 0 bridgehead atoms. The Balaban J connectivity index is 2.15. The van der Waals surface area contributed by atoms with Crippen molar-refractivity contribution < 1.29 is 23.1 Å². The lowest BCUT2D eigenvalue weighted by Crippen LogP contribution is -2.13. The Bertz CT molecular complexity index is 1030. The van der Waals surface area contributed by atoms with Crippen LogP contribution in [0.5, 0.6) is 0 Å². The monoisotopic (exact) mass is 423 g/mol. The van der Waals surface area contributed by atoms with Crippen LogP contribution >= 0.6 is 24.8 Å². The average molecular weight is 423 g/mol. The van der Waals surface area contributed by atoms with Crippen LogP contribution in [0.25, 0.3) is 17.1 Å². The third-order valence-electron chi connectivity index (χ3n) is 3.80. The van der Waals surface area contributed by atoms with Crippen LogP contribution in [0.2, 0.25) is 0 Å². The number of aromatic nitrogens is 3. The molecule has 1 heterocycles. The van der Waals surface area contributed by atoms with Crippen molar-refractivity contribution in [2.24, 2.45) is 0 Å². The Morgan fingerprint density at radius 1 is 1.07 bits per heavy atom. The van der Waals surface area contributed by atoms with E-state index < -0.39 is 24.1 Å². The molecule has 3 aromatic rings. The van der Waals surface area contributed by atoms with Crippen molar-refractivity contribution in [2.75, 3.05) is 0 Å². The Morgan fingerprint density at radius 2 is 1.68 bits per heavy atom. The number of carboxylic acids is 1. The summed E-state index contributed by atoms with van der Waals surface area (Å²) in [5, 5.41) is 17.1. The molecule has 2 aromatic carbocycles. The summed E-state index contributed by atoms with van der Waals surface area (Å²) < 4.78 is 40.1. The summed E-state index contributed by atoms with van der Waals surface area (Å²) in [6.45, 7) is 0. The van der Waals surface area contributed by atoms with Crippen molar-refractivity contribution in [3.8, 4) is 17.1 Å². The van der Waals surface area contributed by atoms with Gasteiger partial charge in [0.15, 0.2) is 11.6 Å². The van der Waals surface area contributed by atoms with Gasteiger partial charge in [0, 0.05) is 16.1 Å². The Kier molecular flexibility index (Phi) is 5.52. The first-order valence-electron chi connectivity index (χ1n) is 7.84. The highest BCUT2D eigenvalue weighted by molar-refractivity contribution is 7.81. The van der Waals surface area contributed by atoms with Crippen molar-refractivity contribution >= 4 is 35.7 Å². The molecular weight excluding hydrogens is 411 g/mol. The summed E-state index contributed by atoms with van der Waals surface area (Å²) in [6.07, 6.45) is -4.93. The van der Waals surface area contributed by atoms with E-state index >= 15 is 0 Å². The molecule has 28 heavy (non-hydrogen) atoms. The van der Waals surface area contributed by atoms with E-state index in [1.54, 1.807) is 24.3 Å². The molecule has 0 spiro atoms. The predicted octanol–water partition coefficient (Wildman–Crippen LogP) is 4.43. The van der Waals surface area contributed by atoms with Crippen molar-refractivity contribution in [1.29, 1.82) is 0 Å². The van der Waals surface area contributed by atoms with Gasteiger partial charge >= 0.3 is 12.1 Å². The van der Waals surface area contributed by atoms with E-state index in [9.17, 15) is 18.0 Å². The van der Waals surface area contributed by atoms with E-state index in [1.807, 2.05) is 0 Å². The summed E-state index contributed by atoms with van der Waals surface area (Å²) in [6, 6.07) is 11.3. The minimum Gasteiger partial charge on any atom is -0.481 e. The van der Waals surface area contributed by atoms with Gasteiger partial charge in [-0.25, -0.2) is 0 Å². The van der Waals surface area contributed by atoms with E-state index in [4.69, 9.17) is 17.3 Å². The quantitative estimate of drug-likeness (QED) is 0.361. The lowest BCUT2D eigenvalue weighted by atomic mass is 10.1. The van der Waals surface area contributed by atoms with Gasteiger partial charge in [0.2, 0.25) is 0 Å². The highest BCUT2D eigenvalue weighted by Crippen LogP contribution is 2.31. The van der Waals surface area contributed by atoms with Crippen molar-refractivity contribution in [3.63, 3.8) is 0 Å². The van der Waals surface area contributed by atoms with Gasteiger partial charge in [-0.15, -0.1) is 22.8 Å². The number of halogens is 3. The number of thiocarbonyl (C=S) groups is 1. The van der Waals surface area contributed by atoms with Gasteiger partial charge < -0.3 is 5.11 Å². The molecule has 0 radical (unpaired) electrons. The lowest BCUT2D eigenvalue weighted by Gasteiger charge is -2.12. The van der Waals surface area contributed by atoms with E-state index in [-0.39, 0.29) is 10.7 Å². The topological polar surface area (TPSA) is 68.0 Å². The molecule has 3 rings (SSSR count). The second-order valence-electron chi connectivity index (χ2n) is 5.77. The molecule has 10 heteroatoms. The third kappa shape index (κ3) is 4.23. The fourth-order valence-electron chi connectivity index (χ4n) is 2.52. The highest BCUT2D eigenvalue weighted by Gasteiger charge is 2.30. The number of thiol groups is 1. The van der Waals surface area contributed by atoms with Crippen LogP contribution in [-0.4, -0.2) is 30.7 Å². The number of rotatable bonds is 5. The number of carbonyl (C=O) groups is 1. The third-order valence-corrected chi connectivity index (χ3v) is 4.43. The molecule has 0 fully saturated rings. The number of aliphatic carboxylic acids is 1. The number of nitrogens with zero attached hydrogens (tertiary/aromatic N) is 3. The maximum absolute atomic E-state index is 12.9. The van der Waals surface area contributed by atoms with Crippen LogP contribution in [-0.2, 0) is 11.0 Å². The summed E-state index contributed by atoms with van der Waals surface area (Å²) in [5.41, 5.74) is 0.139. The van der Waals surface area contributed by atoms with E-state index in [1.165, 1.54) is 16.7 Å². The van der Waals surface area contributed by atoms with Gasteiger partial charge in [0.1, 0.15) is 0 Å². The van der Waals surface area contributed by atoms with Gasteiger partial charge in [0.05, 0.1) is 16.8 Å². The fraction of sp³-hybridized carbons (Fsp3) is 0.111. The summed E-state index contributed by atoms with van der Waals surface area (Å²) in [5.74, 6) is -0.745. The predicted molar refractivity (Wildman–Crippen MR) is 103 cm³/mol. The van der Waals surface area contributed by atoms with Gasteiger partial charge in [-0.2, -0.15) is 13.2 Å². The molecule has 0 amide bonds. The number of carboxylic acid groups (broad SMARTS) is 1. The minimum atomic E-state index is -4.47. The molecule has 0 aliphatic rings. The van der Waals surface area contributed by atoms with Crippen LogP contribution in [0.4, 0.5) is 13.2 Å². The molecule has 1 N–H and O–H groups in total. The zero-order chi connectivity index (χ0) is 20.5. The zero-order valence-corrected chi connectivity index (χ0v) is 15.7. The molecule has 144 valence electrons. The SMILES string of the molecule is O=C(O)CC(=S)c1nnc(-c2ccc(S)cc2)n1-c1ccc(C(F)(F)F)cc1. The first-order chi connectivity index (χ1) is 13.2. The maximum atomic E-state index is 12.9. The number of hydrogen-bond acceptors (Lipinski definition) is 5. The molecule has 5 nitrogen and oxygen atoms in total. The first-order valence-corrected chi connectivity index (χ1v) is 8.70. The van der Waals surface area contributed by atoms with Gasteiger partial charge in [-0.05, 0) is 36.4 Å². The Hall–Kier alpha value is -2.72. The normalized spacial score (nSPS) is 11.4. The zero-order valence-electron chi connectivity index (χ0n) is 14.0. The second kappa shape index (κ2) is 7.72. The van der Waals surface area contributed by atoms with Gasteiger partial charge in [-0.1, -0.05) is 24.4 Å². The largest absolute Gasteiger partial charge is 0.481 e. The van der Waals surface area contributed by atoms with Crippen molar-refractivity contribution in [2.45, 2.75) is 17.5 Å². The van der Waals surface area contributed by atoms with Crippen LogP contribution in [0.15, 0.2) is 53.4 Å². The van der Waals surface area contributed by atoms with Gasteiger partial charge in [-0.3, -0.25) is 9.36 Å². The second-order valence-corrected chi connectivity index (χ2v) is 6.78. The van der Waals surface area contributed by atoms with Crippen molar-refractivity contribution in [1.82, 2.24) is 14.8 Å². The van der Waals surface area contributed by atoms with Crippen LogP contribution in [0.1, 0.15) is 17.8 Å². The summed E-state index contributed by atoms with van der Waals surface area (Å²) >= 11 is 9.38. The molecule has 1 aromatic heterocycles. The Labute approximate surface area is 168 Å². The average Bonchev–Trinajstić information content (AvgIpc) is 3.06. The summed E-state index contributed by atoms with van der Waals surface area (Å²) in [7, 11) is 0. The maximum Gasteiger partial charge on any atom is 0.416 e. The van der Waals surface area contributed by atoms with Crippen LogP contribution < -0.4 is 0 Å². The molecule has 0 aliphatic carbocycles. The molecular formula is C18H12F3N3O2S2. The first kappa shape index (κ1) is 20.0. The van der Waals surface area contributed by atoms with Crippen LogP contribution in [0, 0.1) is 0 Å². The summed E-state index contributed by atoms with van der Waals surface area (Å²) in [4.78, 5) is 11.7. The molecule has 0 atom stereocenters. The highest BCUT2D eigenvalue weighted by atomic mass is 32.1.